The van der Waals surface area contributed by atoms with Crippen LogP contribution in [0.2, 0.25) is 0 Å². The second kappa shape index (κ2) is 2.98. The molecule has 1 aromatic carbocycles. The van der Waals surface area contributed by atoms with Crippen molar-refractivity contribution in [3.63, 3.8) is 0 Å². The van der Waals surface area contributed by atoms with Gasteiger partial charge in [0.05, 0.1) is 0 Å². The van der Waals surface area contributed by atoms with Crippen LogP contribution in [0.5, 0.6) is 0 Å². The minimum absolute atomic E-state index is 1.24. The fraction of sp³-hybridized carbons (Fsp3) is 0.167. The Morgan fingerprint density at radius 2 is 2.17 bits per heavy atom. The van der Waals surface area contributed by atoms with E-state index in [1.54, 1.807) is 0 Å². The zero-order chi connectivity index (χ0) is 8.39. The highest BCUT2D eigenvalue weighted by Crippen LogP contribution is 2.26. The predicted molar refractivity (Wildman–Crippen MR) is 53.1 cm³/mol. The molecule has 0 heterocycles. The summed E-state index contributed by atoms with van der Waals surface area (Å²) >= 11 is 0. The van der Waals surface area contributed by atoms with E-state index in [0.29, 0.717) is 0 Å². The van der Waals surface area contributed by atoms with Gasteiger partial charge in [0.25, 0.3) is 0 Å². The van der Waals surface area contributed by atoms with Crippen molar-refractivity contribution in [3.8, 4) is 0 Å². The Kier molecular flexibility index (Phi) is 1.83. The highest BCUT2D eigenvalue weighted by molar-refractivity contribution is 5.59. The standard InChI is InChI=1S/C12H12/c1-2-3-5-10-6-4-7-11-8-9-12(10)11/h2-7H,1,8-9H2. The Morgan fingerprint density at radius 3 is 2.83 bits per heavy atom. The number of rotatable bonds is 2. The zero-order valence-electron chi connectivity index (χ0n) is 7.09. The van der Waals surface area contributed by atoms with Crippen LogP contribution in [0.15, 0.2) is 36.9 Å². The molecule has 0 aliphatic heterocycles. The highest BCUT2D eigenvalue weighted by atomic mass is 14.2. The molecule has 1 aliphatic rings. The molecule has 0 radical (unpaired) electrons. The molecule has 0 saturated carbocycles. The average molecular weight is 156 g/mol. The summed E-state index contributed by atoms with van der Waals surface area (Å²) in [7, 11) is 0. The molecule has 2 rings (SSSR count). The van der Waals surface area contributed by atoms with Crippen molar-refractivity contribution in [1.29, 1.82) is 0 Å². The van der Waals surface area contributed by atoms with E-state index in [0.717, 1.165) is 0 Å². The smallest absolute Gasteiger partial charge is 0.0222 e. The molecule has 0 atom stereocenters. The van der Waals surface area contributed by atoms with Crippen molar-refractivity contribution < 1.29 is 0 Å². The molecule has 0 bridgehead atoms. The summed E-state index contributed by atoms with van der Waals surface area (Å²) in [6.45, 7) is 3.66. The number of hydrogen-bond acceptors (Lipinski definition) is 0. The van der Waals surface area contributed by atoms with Crippen LogP contribution in [-0.2, 0) is 12.8 Å². The minimum atomic E-state index is 1.24. The van der Waals surface area contributed by atoms with Gasteiger partial charge in [-0.2, -0.15) is 0 Å². The SMILES string of the molecule is C=CC=Cc1cccc2c1CC2. The van der Waals surface area contributed by atoms with E-state index in [4.69, 9.17) is 0 Å². The maximum atomic E-state index is 3.66. The van der Waals surface area contributed by atoms with Crippen molar-refractivity contribution in [2.75, 3.05) is 0 Å². The second-order valence-corrected chi connectivity index (χ2v) is 3.08. The number of allylic oxidation sites excluding steroid dienone is 2. The number of aryl methyl sites for hydroxylation is 1. The Labute approximate surface area is 73.2 Å². The van der Waals surface area contributed by atoms with E-state index >= 15 is 0 Å². The summed E-state index contributed by atoms with van der Waals surface area (Å²) in [5, 5.41) is 0. The third-order valence-corrected chi connectivity index (χ3v) is 2.37. The molecule has 60 valence electrons. The fourth-order valence-electron chi connectivity index (χ4n) is 1.60. The van der Waals surface area contributed by atoms with E-state index in [2.05, 4.69) is 30.9 Å². The van der Waals surface area contributed by atoms with Gasteiger partial charge in [-0.15, -0.1) is 0 Å². The molecule has 0 unspecified atom stereocenters. The summed E-state index contributed by atoms with van der Waals surface area (Å²) in [6, 6.07) is 6.50. The zero-order valence-corrected chi connectivity index (χ0v) is 7.09. The third-order valence-electron chi connectivity index (χ3n) is 2.37. The average Bonchev–Trinajstić information content (AvgIpc) is 2.04. The number of benzene rings is 1. The van der Waals surface area contributed by atoms with E-state index in [1.165, 1.54) is 29.5 Å². The lowest BCUT2D eigenvalue weighted by Crippen LogP contribution is -2.09. The van der Waals surface area contributed by atoms with Crippen molar-refractivity contribution >= 4 is 6.08 Å². The first-order valence-electron chi connectivity index (χ1n) is 4.31. The molecule has 1 aromatic rings. The van der Waals surface area contributed by atoms with Crippen molar-refractivity contribution in [2.24, 2.45) is 0 Å². The maximum absolute atomic E-state index is 3.66. The van der Waals surface area contributed by atoms with Gasteiger partial charge in [0.1, 0.15) is 0 Å². The number of fused-ring (bicyclic) bond motifs is 1. The summed E-state index contributed by atoms with van der Waals surface area (Å²) in [4.78, 5) is 0. The van der Waals surface area contributed by atoms with Crippen molar-refractivity contribution in [1.82, 2.24) is 0 Å². The first-order valence-corrected chi connectivity index (χ1v) is 4.31. The molecular weight excluding hydrogens is 144 g/mol. The Bertz CT molecular complexity index is 332. The minimum Gasteiger partial charge on any atom is -0.0991 e. The molecule has 0 aromatic heterocycles. The summed E-state index contributed by atoms with van der Waals surface area (Å²) in [6.07, 6.45) is 8.44. The van der Waals surface area contributed by atoms with E-state index < -0.39 is 0 Å². The van der Waals surface area contributed by atoms with Crippen LogP contribution in [0.1, 0.15) is 16.7 Å². The monoisotopic (exact) mass is 156 g/mol. The van der Waals surface area contributed by atoms with Gasteiger partial charge in [-0.1, -0.05) is 43.0 Å². The Balaban J connectivity index is 2.38. The quantitative estimate of drug-likeness (QED) is 0.577. The topological polar surface area (TPSA) is 0 Å². The molecule has 0 fully saturated rings. The molecular formula is C12H12. The van der Waals surface area contributed by atoms with Gasteiger partial charge < -0.3 is 0 Å². The van der Waals surface area contributed by atoms with Crippen LogP contribution >= 0.6 is 0 Å². The number of hydrogen-bond donors (Lipinski definition) is 0. The van der Waals surface area contributed by atoms with Gasteiger partial charge in [0, 0.05) is 0 Å². The Morgan fingerprint density at radius 1 is 1.25 bits per heavy atom. The van der Waals surface area contributed by atoms with Crippen LogP contribution < -0.4 is 0 Å². The lowest BCUT2D eigenvalue weighted by atomic mass is 9.85. The maximum Gasteiger partial charge on any atom is -0.0222 e. The summed E-state index contributed by atoms with van der Waals surface area (Å²) < 4.78 is 0. The van der Waals surface area contributed by atoms with Crippen LogP contribution in [0, 0.1) is 0 Å². The highest BCUT2D eigenvalue weighted by Gasteiger charge is 2.14. The third kappa shape index (κ3) is 1.10. The van der Waals surface area contributed by atoms with Gasteiger partial charge in [-0.25, -0.2) is 0 Å². The molecule has 0 spiro atoms. The van der Waals surface area contributed by atoms with Gasteiger partial charge in [0.15, 0.2) is 0 Å². The molecule has 12 heavy (non-hydrogen) atoms. The van der Waals surface area contributed by atoms with Gasteiger partial charge in [0.2, 0.25) is 0 Å². The second-order valence-electron chi connectivity index (χ2n) is 3.08. The largest absolute Gasteiger partial charge is 0.0991 e. The van der Waals surface area contributed by atoms with Gasteiger partial charge >= 0.3 is 0 Å². The summed E-state index contributed by atoms with van der Waals surface area (Å²) in [5.74, 6) is 0. The van der Waals surface area contributed by atoms with Crippen LogP contribution in [0.4, 0.5) is 0 Å². The van der Waals surface area contributed by atoms with Crippen LogP contribution in [0.25, 0.3) is 6.08 Å². The van der Waals surface area contributed by atoms with E-state index in [1.807, 2.05) is 12.2 Å². The van der Waals surface area contributed by atoms with E-state index in [-0.39, 0.29) is 0 Å². The summed E-state index contributed by atoms with van der Waals surface area (Å²) in [5.41, 5.74) is 4.40. The molecule has 0 saturated heterocycles. The van der Waals surface area contributed by atoms with Gasteiger partial charge in [-0.3, -0.25) is 0 Å². The lowest BCUT2D eigenvalue weighted by Gasteiger charge is -2.20. The van der Waals surface area contributed by atoms with Crippen molar-refractivity contribution in [3.05, 3.63) is 53.6 Å². The predicted octanol–water partition coefficient (Wildman–Crippen LogP) is 2.98. The van der Waals surface area contributed by atoms with Crippen molar-refractivity contribution in [2.45, 2.75) is 12.8 Å². The molecule has 0 N–H and O–H groups in total. The van der Waals surface area contributed by atoms with E-state index in [9.17, 15) is 0 Å². The molecule has 1 aliphatic carbocycles. The first kappa shape index (κ1) is 7.35. The fourth-order valence-corrected chi connectivity index (χ4v) is 1.60. The molecule has 0 amide bonds. The molecule has 0 heteroatoms. The van der Waals surface area contributed by atoms with Crippen LogP contribution in [-0.4, -0.2) is 0 Å². The normalized spacial score (nSPS) is 14.0. The van der Waals surface area contributed by atoms with Crippen LogP contribution in [0.3, 0.4) is 0 Å². The Hall–Kier alpha value is -1.30. The first-order chi connectivity index (χ1) is 5.92. The van der Waals surface area contributed by atoms with Gasteiger partial charge in [-0.05, 0) is 29.5 Å². The lowest BCUT2D eigenvalue weighted by molar-refractivity contribution is 0.836. The molecule has 0 nitrogen and oxygen atoms in total.